The highest BCUT2D eigenvalue weighted by Gasteiger charge is 2.27. The predicted molar refractivity (Wildman–Crippen MR) is 106 cm³/mol. The van der Waals surface area contributed by atoms with Gasteiger partial charge in [-0.05, 0) is 37.1 Å². The molecule has 0 atom stereocenters. The van der Waals surface area contributed by atoms with Crippen LogP contribution in [0.2, 0.25) is 10.0 Å². The quantitative estimate of drug-likeness (QED) is 0.806. The summed E-state index contributed by atoms with van der Waals surface area (Å²) < 4.78 is 5.50. The smallest absolute Gasteiger partial charge is 0.260 e. The summed E-state index contributed by atoms with van der Waals surface area (Å²) >= 11 is 11.9. The molecule has 7 heteroatoms. The number of nitrogens with one attached hydrogen (secondary N) is 1. The molecule has 1 saturated heterocycles. The number of nitrogens with zero attached hydrogens (tertiary/aromatic N) is 1. The van der Waals surface area contributed by atoms with Crippen molar-refractivity contribution >= 4 is 40.7 Å². The molecule has 27 heavy (non-hydrogen) atoms. The van der Waals surface area contributed by atoms with Gasteiger partial charge in [-0.2, -0.15) is 0 Å². The van der Waals surface area contributed by atoms with Gasteiger partial charge in [-0.1, -0.05) is 41.4 Å². The van der Waals surface area contributed by atoms with E-state index >= 15 is 0 Å². The Hall–Kier alpha value is -2.24. The molecule has 1 aliphatic heterocycles. The van der Waals surface area contributed by atoms with Gasteiger partial charge in [0, 0.05) is 35.8 Å². The van der Waals surface area contributed by atoms with Crippen molar-refractivity contribution in [2.24, 2.45) is 5.92 Å². The van der Waals surface area contributed by atoms with Gasteiger partial charge in [0.05, 0.1) is 5.02 Å². The summed E-state index contributed by atoms with van der Waals surface area (Å²) in [4.78, 5) is 26.4. The third kappa shape index (κ3) is 5.37. The molecule has 3 rings (SSSR count). The van der Waals surface area contributed by atoms with Crippen LogP contribution in [0.25, 0.3) is 0 Å². The maximum atomic E-state index is 12.4. The highest BCUT2D eigenvalue weighted by molar-refractivity contribution is 6.34. The van der Waals surface area contributed by atoms with E-state index in [-0.39, 0.29) is 24.3 Å². The van der Waals surface area contributed by atoms with E-state index < -0.39 is 0 Å². The summed E-state index contributed by atoms with van der Waals surface area (Å²) in [6.45, 7) is 0.942. The minimum atomic E-state index is -0.132. The number of ether oxygens (including phenoxy) is 1. The van der Waals surface area contributed by atoms with Gasteiger partial charge in [-0.3, -0.25) is 9.59 Å². The van der Waals surface area contributed by atoms with Gasteiger partial charge in [0.25, 0.3) is 5.91 Å². The summed E-state index contributed by atoms with van der Waals surface area (Å²) in [5.41, 5.74) is 0.785. The second kappa shape index (κ2) is 9.11. The molecule has 0 aromatic heterocycles. The summed E-state index contributed by atoms with van der Waals surface area (Å²) in [5.74, 6) is 0.149. The molecule has 2 aromatic carbocycles. The molecule has 0 bridgehead atoms. The second-order valence-corrected chi connectivity index (χ2v) is 7.22. The highest BCUT2D eigenvalue weighted by atomic mass is 35.5. The number of piperidine rings is 1. The van der Waals surface area contributed by atoms with Crippen LogP contribution >= 0.6 is 23.2 Å². The molecule has 1 aliphatic rings. The summed E-state index contributed by atoms with van der Waals surface area (Å²) in [6, 6.07) is 14.2. The van der Waals surface area contributed by atoms with Crippen LogP contribution in [0.3, 0.4) is 0 Å². The molecule has 142 valence electrons. The van der Waals surface area contributed by atoms with E-state index in [1.54, 1.807) is 23.1 Å². The second-order valence-electron chi connectivity index (χ2n) is 6.37. The Balaban J connectivity index is 1.46. The van der Waals surface area contributed by atoms with E-state index in [1.165, 1.54) is 0 Å². The summed E-state index contributed by atoms with van der Waals surface area (Å²) in [6.07, 6.45) is 1.25. The van der Waals surface area contributed by atoms with Crippen LogP contribution in [0.5, 0.6) is 5.75 Å². The number of likely N-dealkylation sites (tertiary alicyclic amines) is 1. The molecule has 0 unspecified atom stereocenters. The molecule has 1 N–H and O–H groups in total. The van der Waals surface area contributed by atoms with Gasteiger partial charge in [0.1, 0.15) is 5.75 Å². The summed E-state index contributed by atoms with van der Waals surface area (Å²) in [7, 11) is 0. The van der Waals surface area contributed by atoms with Crippen molar-refractivity contribution in [3.8, 4) is 5.75 Å². The standard InChI is InChI=1S/C20H20Cl2N2O3/c21-15-6-7-17(22)18(12-15)27-13-19(25)24-10-8-14(9-11-24)20(26)23-16-4-2-1-3-5-16/h1-7,12,14H,8-11,13H2,(H,23,26). The van der Waals surface area contributed by atoms with Crippen molar-refractivity contribution < 1.29 is 14.3 Å². The van der Waals surface area contributed by atoms with E-state index in [0.29, 0.717) is 41.7 Å². The van der Waals surface area contributed by atoms with Crippen LogP contribution in [-0.2, 0) is 9.59 Å². The van der Waals surface area contributed by atoms with Crippen molar-refractivity contribution in [1.29, 1.82) is 0 Å². The number of para-hydroxylation sites is 1. The fourth-order valence-corrected chi connectivity index (χ4v) is 3.31. The molecular weight excluding hydrogens is 387 g/mol. The normalized spacial score (nSPS) is 14.7. The van der Waals surface area contributed by atoms with E-state index in [2.05, 4.69) is 5.32 Å². The zero-order valence-corrected chi connectivity index (χ0v) is 16.2. The Morgan fingerprint density at radius 2 is 1.78 bits per heavy atom. The first-order chi connectivity index (χ1) is 13.0. The number of hydrogen-bond donors (Lipinski definition) is 1. The Morgan fingerprint density at radius 3 is 2.48 bits per heavy atom. The lowest BCUT2D eigenvalue weighted by Gasteiger charge is -2.31. The van der Waals surface area contributed by atoms with Gasteiger partial charge in [0.15, 0.2) is 6.61 Å². The topological polar surface area (TPSA) is 58.6 Å². The summed E-state index contributed by atoms with van der Waals surface area (Å²) in [5, 5.41) is 3.82. The van der Waals surface area contributed by atoms with E-state index in [0.717, 1.165) is 5.69 Å². The number of anilines is 1. The van der Waals surface area contributed by atoms with Crippen molar-refractivity contribution in [2.75, 3.05) is 25.0 Å². The molecule has 2 amide bonds. The number of carbonyl (C=O) groups excluding carboxylic acids is 2. The lowest BCUT2D eigenvalue weighted by Crippen LogP contribution is -2.43. The van der Waals surface area contributed by atoms with E-state index in [9.17, 15) is 9.59 Å². The van der Waals surface area contributed by atoms with Crippen molar-refractivity contribution in [1.82, 2.24) is 4.90 Å². The van der Waals surface area contributed by atoms with Crippen LogP contribution in [0.1, 0.15) is 12.8 Å². The zero-order valence-electron chi connectivity index (χ0n) is 14.7. The molecule has 0 radical (unpaired) electrons. The van der Waals surface area contributed by atoms with Crippen molar-refractivity contribution in [2.45, 2.75) is 12.8 Å². The maximum absolute atomic E-state index is 12.4. The number of carbonyl (C=O) groups is 2. The van der Waals surface area contributed by atoms with E-state index in [1.807, 2.05) is 30.3 Å². The predicted octanol–water partition coefficient (Wildman–Crippen LogP) is 4.25. The van der Waals surface area contributed by atoms with Gasteiger partial charge in [-0.15, -0.1) is 0 Å². The van der Waals surface area contributed by atoms with Crippen LogP contribution in [0.4, 0.5) is 5.69 Å². The van der Waals surface area contributed by atoms with E-state index in [4.69, 9.17) is 27.9 Å². The minimum Gasteiger partial charge on any atom is -0.482 e. The maximum Gasteiger partial charge on any atom is 0.260 e. The first kappa shape index (κ1) is 19.5. The molecular formula is C20H20Cl2N2O3. The Kier molecular flexibility index (Phi) is 6.58. The molecule has 2 aromatic rings. The lowest BCUT2D eigenvalue weighted by molar-refractivity contribution is -0.136. The number of halogens is 2. The fraction of sp³-hybridized carbons (Fsp3) is 0.300. The molecule has 5 nitrogen and oxygen atoms in total. The number of rotatable bonds is 5. The number of hydrogen-bond acceptors (Lipinski definition) is 3. The number of benzene rings is 2. The van der Waals surface area contributed by atoms with Crippen molar-refractivity contribution in [3.05, 3.63) is 58.6 Å². The average Bonchev–Trinajstić information content (AvgIpc) is 2.69. The van der Waals surface area contributed by atoms with Crippen molar-refractivity contribution in [3.63, 3.8) is 0 Å². The highest BCUT2D eigenvalue weighted by Crippen LogP contribution is 2.28. The molecule has 0 spiro atoms. The minimum absolute atomic E-state index is 0.00439. The lowest BCUT2D eigenvalue weighted by atomic mass is 9.95. The number of amides is 2. The first-order valence-corrected chi connectivity index (χ1v) is 9.50. The zero-order chi connectivity index (χ0) is 19.2. The van der Waals surface area contributed by atoms with Gasteiger partial charge >= 0.3 is 0 Å². The average molecular weight is 407 g/mol. The largest absolute Gasteiger partial charge is 0.482 e. The Bertz CT molecular complexity index is 806. The molecule has 1 heterocycles. The van der Waals surface area contributed by atoms with Crippen LogP contribution in [0, 0.1) is 5.92 Å². The van der Waals surface area contributed by atoms with Gasteiger partial charge < -0.3 is 15.0 Å². The Labute approximate surface area is 168 Å². The van der Waals surface area contributed by atoms with Gasteiger partial charge in [-0.25, -0.2) is 0 Å². The van der Waals surface area contributed by atoms with Gasteiger partial charge in [0.2, 0.25) is 5.91 Å². The van der Waals surface area contributed by atoms with Crippen LogP contribution < -0.4 is 10.1 Å². The first-order valence-electron chi connectivity index (χ1n) is 8.74. The monoisotopic (exact) mass is 406 g/mol. The molecule has 0 aliphatic carbocycles. The van der Waals surface area contributed by atoms with Crippen LogP contribution in [0.15, 0.2) is 48.5 Å². The SMILES string of the molecule is O=C(Nc1ccccc1)C1CCN(C(=O)COc2cc(Cl)ccc2Cl)CC1. The fourth-order valence-electron chi connectivity index (χ4n) is 2.98. The van der Waals surface area contributed by atoms with Crippen LogP contribution in [-0.4, -0.2) is 36.4 Å². The Morgan fingerprint density at radius 1 is 1.07 bits per heavy atom. The molecule has 1 fully saturated rings. The molecule has 0 saturated carbocycles. The third-order valence-electron chi connectivity index (χ3n) is 4.50. The third-order valence-corrected chi connectivity index (χ3v) is 5.05.